The molecule has 0 fully saturated rings. The van der Waals surface area contributed by atoms with E-state index in [0.717, 1.165) is 24.8 Å². The first kappa shape index (κ1) is 20.9. The molecule has 0 heterocycles. The van der Waals surface area contributed by atoms with E-state index in [1.807, 2.05) is 26.8 Å². The van der Waals surface area contributed by atoms with Gasteiger partial charge in [-0.2, -0.15) is 0 Å². The van der Waals surface area contributed by atoms with Crippen molar-refractivity contribution in [2.45, 2.75) is 73.0 Å². The number of carbonyl (C=O) groups excluding carboxylic acids is 1. The first-order chi connectivity index (χ1) is 10.3. The van der Waals surface area contributed by atoms with Crippen LogP contribution in [0.5, 0.6) is 0 Å². The van der Waals surface area contributed by atoms with Gasteiger partial charge in [0.15, 0.2) is 0 Å². The first-order valence-electron chi connectivity index (χ1n) is 8.34. The van der Waals surface area contributed by atoms with E-state index in [4.69, 9.17) is 9.47 Å². The number of allylic oxidation sites excluding steroid dienone is 3. The molecule has 0 aliphatic heterocycles. The molecular weight excluding hydrogens is 276 g/mol. The van der Waals surface area contributed by atoms with Crippen LogP contribution in [-0.4, -0.2) is 25.3 Å². The lowest BCUT2D eigenvalue weighted by Crippen LogP contribution is -2.18. The van der Waals surface area contributed by atoms with Crippen LogP contribution in [0.1, 0.15) is 60.8 Å². The van der Waals surface area contributed by atoms with Gasteiger partial charge in [0.2, 0.25) is 0 Å². The molecule has 128 valence electrons. The summed E-state index contributed by atoms with van der Waals surface area (Å²) in [5.41, 5.74) is 0.926. The Kier molecular flexibility index (Phi) is 10.9. The molecule has 0 aliphatic rings. The molecule has 3 nitrogen and oxygen atoms in total. The molecule has 2 atom stereocenters. The highest BCUT2D eigenvalue weighted by Crippen LogP contribution is 2.18. The number of ether oxygens (including phenoxy) is 2. The Labute approximate surface area is 136 Å². The van der Waals surface area contributed by atoms with Crippen LogP contribution < -0.4 is 0 Å². The van der Waals surface area contributed by atoms with Crippen molar-refractivity contribution in [3.63, 3.8) is 0 Å². The minimum Gasteiger partial charge on any atom is -0.460 e. The van der Waals surface area contributed by atoms with E-state index in [1.165, 1.54) is 0 Å². The number of esters is 1. The van der Waals surface area contributed by atoms with E-state index >= 15 is 0 Å². The molecular formula is C19H34O3. The molecule has 0 aromatic heterocycles. The van der Waals surface area contributed by atoms with Crippen LogP contribution in [-0.2, 0) is 14.3 Å². The van der Waals surface area contributed by atoms with Gasteiger partial charge in [-0.3, -0.25) is 0 Å². The summed E-state index contributed by atoms with van der Waals surface area (Å²) >= 11 is 0. The zero-order valence-corrected chi connectivity index (χ0v) is 15.4. The third kappa shape index (κ3) is 10.6. The highest BCUT2D eigenvalue weighted by atomic mass is 16.5. The molecule has 0 saturated heterocycles. The fraction of sp³-hybridized carbons (Fsp3) is 0.737. The van der Waals surface area contributed by atoms with Gasteiger partial charge in [-0.25, -0.2) is 4.79 Å². The van der Waals surface area contributed by atoms with Crippen molar-refractivity contribution in [3.05, 3.63) is 23.8 Å². The maximum Gasteiger partial charge on any atom is 0.331 e. The molecule has 0 saturated carbocycles. The second-order valence-electron chi connectivity index (χ2n) is 6.71. The van der Waals surface area contributed by atoms with Gasteiger partial charge in [0.05, 0.1) is 12.2 Å². The van der Waals surface area contributed by atoms with Crippen molar-refractivity contribution < 1.29 is 14.3 Å². The standard InChI is InChI=1S/C19H34O3/c1-14(2)18(21-7)12-11-16(5)9-8-10-17(6)13-19(20)22-15(3)4/h8,10,13-16,18H,9,11-12H2,1-7H3/b10-8+,17-13+. The molecule has 3 heteroatoms. The number of hydrogen-bond donors (Lipinski definition) is 0. The van der Waals surface area contributed by atoms with E-state index in [1.54, 1.807) is 13.2 Å². The number of methoxy groups -OCH3 is 1. The number of hydrogen-bond acceptors (Lipinski definition) is 3. The molecule has 0 aromatic carbocycles. The molecule has 0 rings (SSSR count). The van der Waals surface area contributed by atoms with Crippen LogP contribution in [0.25, 0.3) is 0 Å². The van der Waals surface area contributed by atoms with Crippen molar-refractivity contribution in [1.82, 2.24) is 0 Å². The molecule has 22 heavy (non-hydrogen) atoms. The van der Waals surface area contributed by atoms with Crippen LogP contribution in [0.2, 0.25) is 0 Å². The minimum atomic E-state index is -0.273. The van der Waals surface area contributed by atoms with E-state index < -0.39 is 0 Å². The van der Waals surface area contributed by atoms with E-state index in [9.17, 15) is 4.79 Å². The highest BCUT2D eigenvalue weighted by molar-refractivity contribution is 5.83. The fourth-order valence-corrected chi connectivity index (χ4v) is 2.28. The van der Waals surface area contributed by atoms with Gasteiger partial charge in [-0.1, -0.05) is 32.9 Å². The third-order valence-corrected chi connectivity index (χ3v) is 3.61. The monoisotopic (exact) mass is 310 g/mol. The first-order valence-corrected chi connectivity index (χ1v) is 8.34. The molecule has 0 aromatic rings. The van der Waals surface area contributed by atoms with Crippen molar-refractivity contribution in [2.24, 2.45) is 11.8 Å². The Balaban J connectivity index is 4.15. The van der Waals surface area contributed by atoms with Crippen molar-refractivity contribution in [1.29, 1.82) is 0 Å². The van der Waals surface area contributed by atoms with Crippen LogP contribution in [0, 0.1) is 11.8 Å². The van der Waals surface area contributed by atoms with Gasteiger partial charge in [-0.05, 0) is 57.4 Å². The summed E-state index contributed by atoms with van der Waals surface area (Å²) < 4.78 is 10.6. The average molecular weight is 310 g/mol. The Bertz CT molecular complexity index is 367. The fourth-order valence-electron chi connectivity index (χ4n) is 2.28. The Morgan fingerprint density at radius 2 is 1.73 bits per heavy atom. The molecule has 0 bridgehead atoms. The van der Waals surface area contributed by atoms with Crippen LogP contribution in [0.15, 0.2) is 23.8 Å². The molecule has 0 N–H and O–H groups in total. The van der Waals surface area contributed by atoms with Gasteiger partial charge in [-0.15, -0.1) is 0 Å². The lowest BCUT2D eigenvalue weighted by molar-refractivity contribution is -0.141. The SMILES string of the molecule is COC(CCC(C)C/C=C/C(C)=C/C(=O)OC(C)C)C(C)C. The maximum atomic E-state index is 11.5. The normalized spacial score (nSPS) is 15.6. The summed E-state index contributed by atoms with van der Waals surface area (Å²) in [6.45, 7) is 12.3. The summed E-state index contributed by atoms with van der Waals surface area (Å²) in [4.78, 5) is 11.5. The summed E-state index contributed by atoms with van der Waals surface area (Å²) in [6, 6.07) is 0. The second-order valence-corrected chi connectivity index (χ2v) is 6.71. The van der Waals surface area contributed by atoms with Crippen LogP contribution in [0.4, 0.5) is 0 Å². The quantitative estimate of drug-likeness (QED) is 0.326. The van der Waals surface area contributed by atoms with Crippen molar-refractivity contribution >= 4 is 5.97 Å². The summed E-state index contributed by atoms with van der Waals surface area (Å²) in [7, 11) is 1.79. The predicted molar refractivity (Wildman–Crippen MR) is 92.8 cm³/mol. The van der Waals surface area contributed by atoms with Gasteiger partial charge in [0.1, 0.15) is 0 Å². The van der Waals surface area contributed by atoms with Crippen LogP contribution >= 0.6 is 0 Å². The zero-order chi connectivity index (χ0) is 17.1. The number of carbonyl (C=O) groups is 1. The molecule has 0 amide bonds. The molecule has 0 spiro atoms. The van der Waals surface area contributed by atoms with Gasteiger partial charge >= 0.3 is 5.97 Å². The van der Waals surface area contributed by atoms with E-state index in [0.29, 0.717) is 17.9 Å². The molecule has 0 radical (unpaired) electrons. The largest absolute Gasteiger partial charge is 0.460 e. The van der Waals surface area contributed by atoms with Gasteiger partial charge < -0.3 is 9.47 Å². The van der Waals surface area contributed by atoms with Gasteiger partial charge in [0.25, 0.3) is 0 Å². The maximum absolute atomic E-state index is 11.5. The van der Waals surface area contributed by atoms with Crippen LogP contribution in [0.3, 0.4) is 0 Å². The number of rotatable bonds is 10. The van der Waals surface area contributed by atoms with Crippen molar-refractivity contribution in [3.8, 4) is 0 Å². The summed E-state index contributed by atoms with van der Waals surface area (Å²) in [5, 5.41) is 0. The Morgan fingerprint density at radius 3 is 2.23 bits per heavy atom. The smallest absolute Gasteiger partial charge is 0.331 e. The Hall–Kier alpha value is -1.09. The third-order valence-electron chi connectivity index (χ3n) is 3.61. The molecule has 2 unspecified atom stereocenters. The average Bonchev–Trinajstić information content (AvgIpc) is 2.37. The highest BCUT2D eigenvalue weighted by Gasteiger charge is 2.13. The van der Waals surface area contributed by atoms with E-state index in [-0.39, 0.29) is 12.1 Å². The topological polar surface area (TPSA) is 35.5 Å². The van der Waals surface area contributed by atoms with Crippen molar-refractivity contribution in [2.75, 3.05) is 7.11 Å². The lowest BCUT2D eigenvalue weighted by atomic mass is 9.95. The van der Waals surface area contributed by atoms with E-state index in [2.05, 4.69) is 26.8 Å². The second kappa shape index (κ2) is 11.5. The summed E-state index contributed by atoms with van der Waals surface area (Å²) in [6.07, 6.45) is 9.21. The Morgan fingerprint density at radius 1 is 1.09 bits per heavy atom. The lowest BCUT2D eigenvalue weighted by Gasteiger charge is -2.20. The zero-order valence-electron chi connectivity index (χ0n) is 15.4. The minimum absolute atomic E-state index is 0.0739. The van der Waals surface area contributed by atoms with Gasteiger partial charge in [0, 0.05) is 13.2 Å². The molecule has 0 aliphatic carbocycles. The summed E-state index contributed by atoms with van der Waals surface area (Å²) in [5.74, 6) is 0.901. The predicted octanol–water partition coefficient (Wildman–Crippen LogP) is 4.92.